The summed E-state index contributed by atoms with van der Waals surface area (Å²) in [5.41, 5.74) is 4.27. The molecule has 0 N–H and O–H groups in total. The lowest BCUT2D eigenvalue weighted by Crippen LogP contribution is -2.07. The predicted octanol–water partition coefficient (Wildman–Crippen LogP) is 6.16. The Morgan fingerprint density at radius 1 is 1.03 bits per heavy atom. The molecule has 4 nitrogen and oxygen atoms in total. The second-order valence-electron chi connectivity index (χ2n) is 6.94. The summed E-state index contributed by atoms with van der Waals surface area (Å²) >= 11 is 12.5. The van der Waals surface area contributed by atoms with Gasteiger partial charge in [-0.15, -0.1) is 0 Å². The average molecular weight is 439 g/mol. The van der Waals surface area contributed by atoms with Crippen LogP contribution in [0.5, 0.6) is 0 Å². The highest BCUT2D eigenvalue weighted by Gasteiger charge is 2.16. The van der Waals surface area contributed by atoms with Crippen LogP contribution in [0.2, 0.25) is 10.0 Å². The summed E-state index contributed by atoms with van der Waals surface area (Å²) in [4.78, 5) is 17.0. The molecular weight excluding hydrogens is 419 g/mol. The Hall–Kier alpha value is -2.82. The Morgan fingerprint density at radius 3 is 2.57 bits per heavy atom. The van der Waals surface area contributed by atoms with E-state index in [1.54, 1.807) is 25.1 Å². The van der Waals surface area contributed by atoms with Gasteiger partial charge in [-0.3, -0.25) is 0 Å². The number of aromatic nitrogens is 2. The van der Waals surface area contributed by atoms with Crippen molar-refractivity contribution in [1.29, 1.82) is 0 Å². The van der Waals surface area contributed by atoms with Crippen LogP contribution in [0.25, 0.3) is 11.0 Å². The van der Waals surface area contributed by atoms with E-state index in [9.17, 15) is 4.79 Å². The molecule has 0 aliphatic heterocycles. The molecule has 0 saturated heterocycles. The zero-order chi connectivity index (χ0) is 21.1. The first kappa shape index (κ1) is 20.5. The Kier molecular flexibility index (Phi) is 6.07. The molecule has 0 amide bonds. The van der Waals surface area contributed by atoms with Gasteiger partial charge in [0.2, 0.25) is 0 Å². The number of hydrogen-bond donors (Lipinski definition) is 0. The second kappa shape index (κ2) is 8.90. The number of ether oxygens (including phenoxy) is 1. The van der Waals surface area contributed by atoms with E-state index in [0.29, 0.717) is 35.2 Å². The average Bonchev–Trinajstić information content (AvgIpc) is 3.07. The number of carbonyl (C=O) groups excluding carboxylic acids is 1. The van der Waals surface area contributed by atoms with Gasteiger partial charge in [0.1, 0.15) is 5.82 Å². The van der Waals surface area contributed by atoms with E-state index in [4.69, 9.17) is 32.9 Å². The minimum atomic E-state index is -0.348. The summed E-state index contributed by atoms with van der Waals surface area (Å²) in [7, 11) is 0. The molecule has 0 bridgehead atoms. The highest BCUT2D eigenvalue weighted by molar-refractivity contribution is 6.35. The monoisotopic (exact) mass is 438 g/mol. The van der Waals surface area contributed by atoms with Gasteiger partial charge in [0.15, 0.2) is 0 Å². The van der Waals surface area contributed by atoms with Crippen molar-refractivity contribution in [2.45, 2.75) is 19.9 Å². The first-order valence-corrected chi connectivity index (χ1v) is 10.4. The molecule has 3 aromatic carbocycles. The molecule has 152 valence electrons. The first-order chi connectivity index (χ1) is 14.5. The number of carbonyl (C=O) groups is 1. The summed E-state index contributed by atoms with van der Waals surface area (Å²) in [6, 6.07) is 21.1. The number of halogens is 2. The third-order valence-corrected chi connectivity index (χ3v) is 5.47. The Morgan fingerprint density at radius 2 is 1.83 bits per heavy atom. The van der Waals surface area contributed by atoms with Crippen LogP contribution >= 0.6 is 23.2 Å². The molecule has 0 radical (unpaired) electrons. The standard InChI is InChI=1S/C24H20Cl2N2O2/c1-2-30-24(29)17-9-11-22-21(13-17)27-23(12-16-6-4-3-5-7-16)28(22)15-18-8-10-19(25)14-20(18)26/h3-11,13-14H,2,12,15H2,1H3. The summed E-state index contributed by atoms with van der Waals surface area (Å²) in [6.45, 7) is 2.67. The second-order valence-corrected chi connectivity index (χ2v) is 7.78. The van der Waals surface area contributed by atoms with Gasteiger partial charge in [-0.2, -0.15) is 0 Å². The number of imidazole rings is 1. The number of nitrogens with zero attached hydrogens (tertiary/aromatic N) is 2. The van der Waals surface area contributed by atoms with Gasteiger partial charge in [0, 0.05) is 16.5 Å². The highest BCUT2D eigenvalue weighted by atomic mass is 35.5. The smallest absolute Gasteiger partial charge is 0.338 e. The fraction of sp³-hybridized carbons (Fsp3) is 0.167. The molecule has 0 unspecified atom stereocenters. The summed E-state index contributed by atoms with van der Waals surface area (Å²) in [5, 5.41) is 1.21. The molecule has 1 aromatic heterocycles. The molecule has 0 aliphatic rings. The third kappa shape index (κ3) is 4.35. The Labute approximate surface area is 185 Å². The van der Waals surface area contributed by atoms with E-state index in [1.807, 2.05) is 36.4 Å². The van der Waals surface area contributed by atoms with Gasteiger partial charge >= 0.3 is 5.97 Å². The maximum atomic E-state index is 12.2. The zero-order valence-corrected chi connectivity index (χ0v) is 18.0. The van der Waals surface area contributed by atoms with Gasteiger partial charge in [0.05, 0.1) is 29.7 Å². The number of fused-ring (bicyclic) bond motifs is 1. The maximum Gasteiger partial charge on any atom is 0.338 e. The van der Waals surface area contributed by atoms with Crippen molar-refractivity contribution in [1.82, 2.24) is 9.55 Å². The van der Waals surface area contributed by atoms with E-state index in [1.165, 1.54) is 0 Å². The minimum Gasteiger partial charge on any atom is -0.462 e. The fourth-order valence-corrected chi connectivity index (χ4v) is 3.90. The fourth-order valence-electron chi connectivity index (χ4n) is 3.43. The predicted molar refractivity (Wildman–Crippen MR) is 121 cm³/mol. The number of esters is 1. The van der Waals surface area contributed by atoms with Gasteiger partial charge in [-0.05, 0) is 48.4 Å². The molecule has 0 aliphatic carbocycles. The van der Waals surface area contributed by atoms with Crippen molar-refractivity contribution in [2.75, 3.05) is 6.61 Å². The molecule has 0 saturated carbocycles. The summed E-state index contributed by atoms with van der Waals surface area (Å²) in [6.07, 6.45) is 0.662. The van der Waals surface area contributed by atoms with Gasteiger partial charge < -0.3 is 9.30 Å². The van der Waals surface area contributed by atoms with E-state index in [0.717, 1.165) is 28.0 Å². The Balaban J connectivity index is 1.79. The number of rotatable bonds is 6. The minimum absolute atomic E-state index is 0.333. The number of hydrogen-bond acceptors (Lipinski definition) is 3. The van der Waals surface area contributed by atoms with Gasteiger partial charge in [-0.25, -0.2) is 9.78 Å². The van der Waals surface area contributed by atoms with Gasteiger partial charge in [-0.1, -0.05) is 59.6 Å². The molecule has 6 heteroatoms. The van der Waals surface area contributed by atoms with Crippen LogP contribution in [0.1, 0.15) is 34.2 Å². The van der Waals surface area contributed by atoms with E-state index in [-0.39, 0.29) is 5.97 Å². The van der Waals surface area contributed by atoms with Crippen LogP contribution in [0.4, 0.5) is 0 Å². The van der Waals surface area contributed by atoms with Crippen LogP contribution in [-0.2, 0) is 17.7 Å². The third-order valence-electron chi connectivity index (χ3n) is 4.89. The molecule has 4 aromatic rings. The van der Waals surface area contributed by atoms with Crippen molar-refractivity contribution < 1.29 is 9.53 Å². The largest absolute Gasteiger partial charge is 0.462 e. The quantitative estimate of drug-likeness (QED) is 0.338. The molecule has 0 atom stereocenters. The van der Waals surface area contributed by atoms with Crippen molar-refractivity contribution >= 4 is 40.2 Å². The topological polar surface area (TPSA) is 44.1 Å². The lowest BCUT2D eigenvalue weighted by molar-refractivity contribution is 0.0526. The van der Waals surface area contributed by atoms with Crippen LogP contribution in [0.15, 0.2) is 66.7 Å². The van der Waals surface area contributed by atoms with E-state index < -0.39 is 0 Å². The normalized spacial score (nSPS) is 11.0. The summed E-state index contributed by atoms with van der Waals surface area (Å²) in [5.74, 6) is 0.544. The summed E-state index contributed by atoms with van der Waals surface area (Å²) < 4.78 is 7.26. The van der Waals surface area contributed by atoms with Crippen molar-refractivity contribution in [3.63, 3.8) is 0 Å². The number of benzene rings is 3. The van der Waals surface area contributed by atoms with Crippen LogP contribution < -0.4 is 0 Å². The van der Waals surface area contributed by atoms with Crippen LogP contribution in [0, 0.1) is 0 Å². The van der Waals surface area contributed by atoms with Gasteiger partial charge in [0.25, 0.3) is 0 Å². The zero-order valence-electron chi connectivity index (χ0n) is 16.4. The lowest BCUT2D eigenvalue weighted by atomic mass is 10.1. The molecule has 0 spiro atoms. The molecule has 1 heterocycles. The first-order valence-electron chi connectivity index (χ1n) is 9.69. The van der Waals surface area contributed by atoms with Crippen molar-refractivity contribution in [3.05, 3.63) is 99.3 Å². The molecule has 30 heavy (non-hydrogen) atoms. The van der Waals surface area contributed by atoms with Crippen LogP contribution in [-0.4, -0.2) is 22.1 Å². The van der Waals surface area contributed by atoms with Crippen molar-refractivity contribution in [2.24, 2.45) is 0 Å². The Bertz CT molecular complexity index is 1200. The van der Waals surface area contributed by atoms with E-state index >= 15 is 0 Å². The molecular formula is C24H20Cl2N2O2. The van der Waals surface area contributed by atoms with Crippen molar-refractivity contribution in [3.8, 4) is 0 Å². The lowest BCUT2D eigenvalue weighted by Gasteiger charge is -2.11. The SMILES string of the molecule is CCOC(=O)c1ccc2c(c1)nc(Cc1ccccc1)n2Cc1ccc(Cl)cc1Cl. The molecule has 4 rings (SSSR count). The molecule has 0 fully saturated rings. The van der Waals surface area contributed by atoms with E-state index in [2.05, 4.69) is 16.7 Å². The maximum absolute atomic E-state index is 12.2. The highest BCUT2D eigenvalue weighted by Crippen LogP contribution is 2.26. The van der Waals surface area contributed by atoms with Crippen LogP contribution in [0.3, 0.4) is 0 Å².